The number of hydrogen-bond acceptors (Lipinski definition) is 2. The van der Waals surface area contributed by atoms with E-state index in [0.717, 1.165) is 0 Å². The monoisotopic (exact) mass is 168 g/mol. The van der Waals surface area contributed by atoms with Crippen molar-refractivity contribution in [1.29, 1.82) is 0 Å². The Morgan fingerprint density at radius 1 is 1.42 bits per heavy atom. The normalized spacial score (nSPS) is 42.4. The summed E-state index contributed by atoms with van der Waals surface area (Å²) in [5.74, 6) is 0.975. The highest BCUT2D eigenvalue weighted by Crippen LogP contribution is 2.32. The topological polar surface area (TPSA) is 18.5 Å². The molecule has 12 heavy (non-hydrogen) atoms. The van der Waals surface area contributed by atoms with Crippen LogP contribution in [0.5, 0.6) is 0 Å². The predicted molar refractivity (Wildman–Crippen MR) is 49.2 cm³/mol. The number of rotatable bonds is 2. The smallest absolute Gasteiger partial charge is 0.112 e. The molecule has 1 aliphatic heterocycles. The molecule has 0 bridgehead atoms. The summed E-state index contributed by atoms with van der Waals surface area (Å²) >= 11 is 0. The predicted octanol–water partition coefficient (Wildman–Crippen LogP) is 1.19. The van der Waals surface area contributed by atoms with E-state index >= 15 is 0 Å². The van der Waals surface area contributed by atoms with Crippen LogP contribution >= 0.6 is 0 Å². The van der Waals surface area contributed by atoms with Gasteiger partial charge in [0, 0.05) is 19.0 Å². The van der Waals surface area contributed by atoms with Gasteiger partial charge in [-0.05, 0) is 12.8 Å². The lowest BCUT2D eigenvalue weighted by Gasteiger charge is -2.24. The van der Waals surface area contributed by atoms with Gasteiger partial charge >= 0.3 is 0 Å². The van der Waals surface area contributed by atoms with E-state index in [4.69, 9.17) is 17.3 Å². The molecule has 1 fully saturated rings. The van der Waals surface area contributed by atoms with Crippen molar-refractivity contribution in [1.82, 2.24) is 0 Å². The summed E-state index contributed by atoms with van der Waals surface area (Å²) in [7, 11) is 7.46. The Hall–Kier alpha value is -0.0151. The average molecular weight is 168 g/mol. The molecule has 2 radical (unpaired) electrons. The minimum Gasteiger partial charge on any atom is -0.382 e. The molecule has 0 saturated carbocycles. The Morgan fingerprint density at radius 3 is 2.33 bits per heavy atom. The van der Waals surface area contributed by atoms with E-state index in [1.54, 1.807) is 7.11 Å². The van der Waals surface area contributed by atoms with Gasteiger partial charge in [-0.15, -0.1) is 0 Å². The molecule has 2 nitrogen and oxygen atoms in total. The maximum atomic E-state index is 5.76. The first-order valence-corrected chi connectivity index (χ1v) is 4.51. The van der Waals surface area contributed by atoms with E-state index < -0.39 is 0 Å². The first-order valence-electron chi connectivity index (χ1n) is 4.51. The standard InChI is InChI=1S/C9H17BO2/c1-5(2)7-6(3)12-9(10)8(7)11-4/h5-9H,1-4H3. The third-order valence-corrected chi connectivity index (χ3v) is 2.66. The summed E-state index contributed by atoms with van der Waals surface area (Å²) in [6, 6.07) is -0.252. The van der Waals surface area contributed by atoms with Crippen molar-refractivity contribution in [3.63, 3.8) is 0 Å². The Morgan fingerprint density at radius 2 is 2.00 bits per heavy atom. The molecule has 0 amide bonds. The van der Waals surface area contributed by atoms with Crippen LogP contribution in [0.1, 0.15) is 20.8 Å². The lowest BCUT2D eigenvalue weighted by molar-refractivity contribution is 0.0391. The molecule has 1 rings (SSSR count). The Bertz CT molecular complexity index is 149. The number of hydrogen-bond donors (Lipinski definition) is 0. The summed E-state index contributed by atoms with van der Waals surface area (Å²) in [6.07, 6.45) is 0.268. The van der Waals surface area contributed by atoms with Gasteiger partial charge in [-0.2, -0.15) is 0 Å². The van der Waals surface area contributed by atoms with Crippen molar-refractivity contribution in [3.05, 3.63) is 0 Å². The van der Waals surface area contributed by atoms with Gasteiger partial charge in [0.15, 0.2) is 0 Å². The van der Waals surface area contributed by atoms with Gasteiger partial charge in [0.05, 0.1) is 12.2 Å². The second-order valence-electron chi connectivity index (χ2n) is 3.83. The zero-order valence-electron chi connectivity index (χ0n) is 8.28. The maximum absolute atomic E-state index is 5.76. The van der Waals surface area contributed by atoms with Gasteiger partial charge in [-0.1, -0.05) is 13.8 Å². The molecular weight excluding hydrogens is 151 g/mol. The van der Waals surface area contributed by atoms with E-state index in [2.05, 4.69) is 20.8 Å². The Kier molecular flexibility index (Phi) is 3.19. The van der Waals surface area contributed by atoms with Crippen LogP contribution in [0.2, 0.25) is 0 Å². The van der Waals surface area contributed by atoms with Gasteiger partial charge in [-0.25, -0.2) is 0 Å². The third kappa shape index (κ3) is 1.67. The quantitative estimate of drug-likeness (QED) is 0.576. The highest BCUT2D eigenvalue weighted by molar-refractivity contribution is 6.11. The van der Waals surface area contributed by atoms with Gasteiger partial charge in [0.1, 0.15) is 7.85 Å². The van der Waals surface area contributed by atoms with Crippen LogP contribution in [0, 0.1) is 11.8 Å². The zero-order valence-corrected chi connectivity index (χ0v) is 8.28. The summed E-state index contributed by atoms with van der Waals surface area (Å²) in [6.45, 7) is 6.41. The molecule has 1 saturated heterocycles. The van der Waals surface area contributed by atoms with Crippen molar-refractivity contribution >= 4 is 7.85 Å². The second kappa shape index (κ2) is 3.80. The molecule has 0 N–H and O–H groups in total. The molecular formula is C9H17BO2. The van der Waals surface area contributed by atoms with Gasteiger partial charge in [-0.3, -0.25) is 0 Å². The highest BCUT2D eigenvalue weighted by atomic mass is 16.6. The molecule has 0 aromatic heterocycles. The van der Waals surface area contributed by atoms with Gasteiger partial charge in [0.2, 0.25) is 0 Å². The molecule has 0 aliphatic carbocycles. The van der Waals surface area contributed by atoms with Crippen LogP contribution in [0.3, 0.4) is 0 Å². The first kappa shape index (κ1) is 10.1. The van der Waals surface area contributed by atoms with E-state index in [-0.39, 0.29) is 18.2 Å². The van der Waals surface area contributed by atoms with Crippen molar-refractivity contribution < 1.29 is 9.47 Å². The fourth-order valence-corrected chi connectivity index (χ4v) is 2.11. The summed E-state index contributed by atoms with van der Waals surface area (Å²) in [5, 5.41) is 0. The minimum absolute atomic E-state index is 0.0556. The van der Waals surface area contributed by atoms with Crippen molar-refractivity contribution in [2.75, 3.05) is 7.11 Å². The lowest BCUT2D eigenvalue weighted by atomic mass is 9.81. The first-order chi connectivity index (χ1) is 5.57. The largest absolute Gasteiger partial charge is 0.382 e. The molecule has 1 heterocycles. The van der Waals surface area contributed by atoms with E-state index in [0.29, 0.717) is 11.8 Å². The van der Waals surface area contributed by atoms with Gasteiger partial charge in [0.25, 0.3) is 0 Å². The van der Waals surface area contributed by atoms with Crippen LogP contribution < -0.4 is 0 Å². The minimum atomic E-state index is -0.252. The number of methoxy groups -OCH3 is 1. The fraction of sp³-hybridized carbons (Fsp3) is 1.00. The summed E-state index contributed by atoms with van der Waals surface area (Å²) in [4.78, 5) is 0. The summed E-state index contributed by atoms with van der Waals surface area (Å²) < 4.78 is 10.8. The third-order valence-electron chi connectivity index (χ3n) is 2.66. The molecule has 4 atom stereocenters. The van der Waals surface area contributed by atoms with Crippen molar-refractivity contribution in [2.45, 2.75) is 39.0 Å². The van der Waals surface area contributed by atoms with E-state index in [1.807, 2.05) is 0 Å². The fourth-order valence-electron chi connectivity index (χ4n) is 2.11. The van der Waals surface area contributed by atoms with Crippen LogP contribution in [0.15, 0.2) is 0 Å². The molecule has 68 valence electrons. The zero-order chi connectivity index (χ0) is 9.30. The van der Waals surface area contributed by atoms with E-state index in [9.17, 15) is 0 Å². The lowest BCUT2D eigenvalue weighted by Crippen LogP contribution is -2.32. The van der Waals surface area contributed by atoms with Crippen LogP contribution in [0.25, 0.3) is 0 Å². The Balaban J connectivity index is 2.68. The Labute approximate surface area is 76.0 Å². The van der Waals surface area contributed by atoms with Gasteiger partial charge < -0.3 is 9.47 Å². The van der Waals surface area contributed by atoms with E-state index in [1.165, 1.54) is 0 Å². The summed E-state index contributed by atoms with van der Waals surface area (Å²) in [5.41, 5.74) is 0. The average Bonchev–Trinajstić information content (AvgIpc) is 2.24. The SMILES string of the molecule is [B]C1OC(C)C(C(C)C)C1OC. The molecule has 0 aromatic carbocycles. The molecule has 1 aliphatic rings. The van der Waals surface area contributed by atoms with Crippen molar-refractivity contribution in [2.24, 2.45) is 11.8 Å². The van der Waals surface area contributed by atoms with Crippen LogP contribution in [-0.4, -0.2) is 33.2 Å². The second-order valence-corrected chi connectivity index (χ2v) is 3.83. The highest BCUT2D eigenvalue weighted by Gasteiger charge is 2.41. The molecule has 3 heteroatoms. The van der Waals surface area contributed by atoms with Crippen LogP contribution in [0.4, 0.5) is 0 Å². The molecule has 0 aromatic rings. The molecule has 4 unspecified atom stereocenters. The van der Waals surface area contributed by atoms with Crippen molar-refractivity contribution in [3.8, 4) is 0 Å². The number of ether oxygens (including phenoxy) is 2. The molecule has 0 spiro atoms. The maximum Gasteiger partial charge on any atom is 0.112 e. The van der Waals surface area contributed by atoms with Crippen LogP contribution in [-0.2, 0) is 9.47 Å².